The molecule has 6 N–H and O–H groups in total. The van der Waals surface area contributed by atoms with Crippen molar-refractivity contribution < 1.29 is 38.5 Å². The molecular weight excluding hydrogens is 768 g/mol. The highest BCUT2D eigenvalue weighted by Crippen LogP contribution is 2.36. The zero-order valence-electron chi connectivity index (χ0n) is 28.6. The number of benzene rings is 4. The average Bonchev–Trinajstić information content (AvgIpc) is 3.50. The molecule has 0 saturated carbocycles. The molecule has 0 aliphatic rings. The summed E-state index contributed by atoms with van der Waals surface area (Å²) in [5, 5.41) is 23.0. The molecule has 10 nitrogen and oxygen atoms in total. The third-order valence-electron chi connectivity index (χ3n) is 7.84. The number of halogens is 2. The molecule has 1 heterocycles. The lowest BCUT2D eigenvalue weighted by Gasteiger charge is -2.21. The maximum Gasteiger partial charge on any atom is 0.339 e. The molecule has 2 amide bonds. The summed E-state index contributed by atoms with van der Waals surface area (Å²) in [6.07, 6.45) is 3.86. The minimum Gasteiger partial charge on any atom is -0.493 e. The Morgan fingerprint density at radius 1 is 0.941 bits per heavy atom. The van der Waals surface area contributed by atoms with Gasteiger partial charge in [0.2, 0.25) is 5.91 Å². The Morgan fingerprint density at radius 2 is 1.67 bits per heavy atom. The molecule has 4 aromatic carbocycles. The number of carboxylic acids is 1. The highest BCUT2D eigenvalue weighted by Gasteiger charge is 2.23. The first-order chi connectivity index (χ1) is 24.4. The predicted molar refractivity (Wildman–Crippen MR) is 204 cm³/mol. The summed E-state index contributed by atoms with van der Waals surface area (Å²) >= 11 is 2.12. The molecule has 0 bridgehead atoms. The van der Waals surface area contributed by atoms with E-state index in [1.807, 2.05) is 44.3 Å². The van der Waals surface area contributed by atoms with Crippen molar-refractivity contribution in [2.75, 3.05) is 25.1 Å². The van der Waals surface area contributed by atoms with Gasteiger partial charge in [0.25, 0.3) is 5.91 Å². The second-order valence-electron chi connectivity index (χ2n) is 11.8. The van der Waals surface area contributed by atoms with Gasteiger partial charge >= 0.3 is 5.97 Å². The normalized spacial score (nSPS) is 11.3. The molecule has 0 radical (unpaired) electrons. The molecule has 5 aromatic rings. The Hall–Kier alpha value is -4.95. The van der Waals surface area contributed by atoms with E-state index in [2.05, 4.69) is 32.9 Å². The van der Waals surface area contributed by atoms with Crippen molar-refractivity contribution in [3.05, 3.63) is 111 Å². The zero-order chi connectivity index (χ0) is 37.1. The largest absolute Gasteiger partial charge is 0.493 e. The average molecular weight is 810 g/mol. The molecule has 1 atom stereocenters. The van der Waals surface area contributed by atoms with Crippen LogP contribution in [0.2, 0.25) is 0 Å². The number of hydrogen-bond acceptors (Lipinski definition) is 6. The number of ether oxygens (including phenoxy) is 2. The number of H-pyrrole nitrogens is 1. The third-order valence-corrected chi connectivity index (χ3v) is 8.47. The molecule has 12 heteroatoms. The van der Waals surface area contributed by atoms with Gasteiger partial charge in [0.1, 0.15) is 22.9 Å². The van der Waals surface area contributed by atoms with Crippen molar-refractivity contribution in [3.63, 3.8) is 0 Å². The van der Waals surface area contributed by atoms with Crippen LogP contribution in [0.4, 0.5) is 10.1 Å². The van der Waals surface area contributed by atoms with E-state index in [9.17, 15) is 29.0 Å². The summed E-state index contributed by atoms with van der Waals surface area (Å²) in [4.78, 5) is 37.7. The molecular formula is C39H41FIN3O7. The van der Waals surface area contributed by atoms with Crippen molar-refractivity contribution in [3.8, 4) is 22.6 Å². The van der Waals surface area contributed by atoms with Crippen molar-refractivity contribution >= 4 is 57.0 Å². The Bertz CT molecular complexity index is 2010. The highest BCUT2D eigenvalue weighted by molar-refractivity contribution is 14.1. The first-order valence-corrected chi connectivity index (χ1v) is 17.5. The third kappa shape index (κ3) is 10.3. The lowest BCUT2D eigenvalue weighted by atomic mass is 9.90. The number of aliphatic hydroxyl groups excluding tert-OH is 1. The number of anilines is 1. The van der Waals surface area contributed by atoms with Gasteiger partial charge in [-0.25, -0.2) is 9.18 Å². The van der Waals surface area contributed by atoms with Crippen molar-refractivity contribution in [1.29, 1.82) is 0 Å². The maximum absolute atomic E-state index is 13.7. The van der Waals surface area contributed by atoms with Crippen LogP contribution in [-0.4, -0.2) is 52.8 Å². The smallest absolute Gasteiger partial charge is 0.339 e. The molecule has 5 rings (SSSR count). The van der Waals surface area contributed by atoms with Crippen LogP contribution in [-0.2, 0) is 11.2 Å². The van der Waals surface area contributed by atoms with Gasteiger partial charge in [0, 0.05) is 44.8 Å². The summed E-state index contributed by atoms with van der Waals surface area (Å²) in [5.74, 6) is -1.63. The lowest BCUT2D eigenvalue weighted by Crippen LogP contribution is -2.18. The fraction of sp³-hybridized carbons (Fsp3) is 0.256. The predicted octanol–water partition coefficient (Wildman–Crippen LogP) is 7.92. The van der Waals surface area contributed by atoms with Crippen LogP contribution < -0.4 is 20.5 Å². The number of carbonyl (C=O) groups is 3. The van der Waals surface area contributed by atoms with E-state index in [-0.39, 0.29) is 29.8 Å². The Labute approximate surface area is 309 Å². The summed E-state index contributed by atoms with van der Waals surface area (Å²) in [7, 11) is 0. The fourth-order valence-corrected chi connectivity index (χ4v) is 6.17. The molecule has 51 heavy (non-hydrogen) atoms. The molecule has 0 saturated heterocycles. The van der Waals surface area contributed by atoms with E-state index in [1.54, 1.807) is 36.4 Å². The van der Waals surface area contributed by atoms with Gasteiger partial charge in [-0.1, -0.05) is 32.0 Å². The summed E-state index contributed by atoms with van der Waals surface area (Å²) in [6, 6.07) is 20.5. The van der Waals surface area contributed by atoms with Crippen LogP contribution in [0.1, 0.15) is 71.4 Å². The van der Waals surface area contributed by atoms with Crippen LogP contribution in [0.25, 0.3) is 22.0 Å². The minimum atomic E-state index is -1.03. The van der Waals surface area contributed by atoms with E-state index in [0.29, 0.717) is 42.4 Å². The first-order valence-electron chi connectivity index (χ1n) is 16.5. The van der Waals surface area contributed by atoms with Crippen LogP contribution in [0.3, 0.4) is 0 Å². The number of amides is 2. The minimum absolute atomic E-state index is 0.126. The summed E-state index contributed by atoms with van der Waals surface area (Å²) in [6.45, 7) is 6.13. The van der Waals surface area contributed by atoms with E-state index in [0.717, 1.165) is 49.6 Å². The molecule has 268 valence electrons. The second kappa shape index (κ2) is 18.3. The first kappa shape index (κ1) is 38.8. The molecule has 0 fully saturated rings. The SMILES string of the molecule is CCCOc1c(C(N)=O)cc(I)cc1C(CO)Cc1c[nH]c2ccc(F)cc12.CCCOc1ccc(-c2cccc(NC(C)=O)c2)cc1C(=O)O. The van der Waals surface area contributed by atoms with Gasteiger partial charge in [-0.15, -0.1) is 0 Å². The number of nitrogens with two attached hydrogens (primary N) is 1. The van der Waals surface area contributed by atoms with Gasteiger partial charge in [-0.05, 0) is 113 Å². The van der Waals surface area contributed by atoms with Gasteiger partial charge < -0.3 is 35.7 Å². The van der Waals surface area contributed by atoms with Gasteiger partial charge in [-0.3, -0.25) is 9.59 Å². The second-order valence-corrected chi connectivity index (χ2v) is 13.0. The van der Waals surface area contributed by atoms with E-state index in [4.69, 9.17) is 15.2 Å². The Balaban J connectivity index is 0.000000233. The van der Waals surface area contributed by atoms with Gasteiger partial charge in [0.15, 0.2) is 0 Å². The summed E-state index contributed by atoms with van der Waals surface area (Å²) in [5.41, 5.74) is 10.7. The maximum atomic E-state index is 13.7. The fourth-order valence-electron chi connectivity index (χ4n) is 5.52. The van der Waals surface area contributed by atoms with Crippen molar-refractivity contribution in [2.24, 2.45) is 5.73 Å². The number of carbonyl (C=O) groups excluding carboxylic acids is 2. The molecule has 1 unspecified atom stereocenters. The number of carboxylic acid groups (broad SMARTS) is 1. The number of rotatable bonds is 14. The quantitative estimate of drug-likeness (QED) is 0.0712. The number of aromatic amines is 1. The van der Waals surface area contributed by atoms with Crippen LogP contribution in [0, 0.1) is 9.39 Å². The number of aromatic nitrogens is 1. The number of primary amides is 1. The molecule has 0 aliphatic carbocycles. The standard InChI is InChI=1S/C21H22FIN2O3.C18H19NO4/c1-2-5-28-20-17(8-15(23)9-18(20)21(24)27)13(11-26)6-12-10-25-19-4-3-14(22)7-16(12)19;1-3-9-23-17-8-7-14(11-16(17)18(21)22)13-5-4-6-15(10-13)19-12(2)20/h3-4,7-10,13,25-26H,2,5-6,11H2,1H3,(H2,24,27);4-8,10-11H,3,9H2,1-2H3,(H,19,20)(H,21,22). The van der Waals surface area contributed by atoms with E-state index >= 15 is 0 Å². The van der Waals surface area contributed by atoms with Crippen LogP contribution in [0.5, 0.6) is 11.5 Å². The van der Waals surface area contributed by atoms with Crippen LogP contribution in [0.15, 0.2) is 79.0 Å². The monoisotopic (exact) mass is 809 g/mol. The molecule has 0 spiro atoms. The number of hydrogen-bond donors (Lipinski definition) is 5. The number of nitrogens with one attached hydrogen (secondary N) is 2. The number of aromatic carboxylic acids is 1. The van der Waals surface area contributed by atoms with Gasteiger partial charge in [-0.2, -0.15) is 0 Å². The van der Waals surface area contributed by atoms with E-state index in [1.165, 1.54) is 19.1 Å². The van der Waals surface area contributed by atoms with Crippen molar-refractivity contribution in [1.82, 2.24) is 4.98 Å². The zero-order valence-corrected chi connectivity index (χ0v) is 30.8. The number of aliphatic hydroxyl groups is 1. The van der Waals surface area contributed by atoms with Crippen LogP contribution >= 0.6 is 22.6 Å². The molecule has 0 aliphatic heterocycles. The lowest BCUT2D eigenvalue weighted by molar-refractivity contribution is -0.114. The number of fused-ring (bicyclic) bond motifs is 1. The van der Waals surface area contributed by atoms with Gasteiger partial charge in [0.05, 0.1) is 25.4 Å². The topological polar surface area (TPSA) is 164 Å². The highest BCUT2D eigenvalue weighted by atomic mass is 127. The molecule has 1 aromatic heterocycles. The summed E-state index contributed by atoms with van der Waals surface area (Å²) < 4.78 is 25.9. The Morgan fingerprint density at radius 3 is 2.33 bits per heavy atom. The Kier molecular flexibility index (Phi) is 14.0. The van der Waals surface area contributed by atoms with Crippen molar-refractivity contribution in [2.45, 2.75) is 46.0 Å². The van der Waals surface area contributed by atoms with E-state index < -0.39 is 11.9 Å².